The molecule has 0 aliphatic carbocycles. The Hall–Kier alpha value is -2.89. The van der Waals surface area contributed by atoms with Crippen molar-refractivity contribution in [3.8, 4) is 5.75 Å². The van der Waals surface area contributed by atoms with Gasteiger partial charge in [-0.3, -0.25) is 9.59 Å². The van der Waals surface area contributed by atoms with Gasteiger partial charge in [-0.05, 0) is 61.2 Å². The fraction of sp³-hybridized carbons (Fsp3) is 0.480. The first-order valence-electron chi connectivity index (χ1n) is 11.4. The van der Waals surface area contributed by atoms with E-state index in [2.05, 4.69) is 21.3 Å². The summed E-state index contributed by atoms with van der Waals surface area (Å²) in [5, 5.41) is 2.92. The number of hydrogen-bond acceptors (Lipinski definition) is 5. The second-order valence-electron chi connectivity index (χ2n) is 8.00. The molecule has 3 rings (SSSR count). The zero-order chi connectivity index (χ0) is 21.9. The van der Waals surface area contributed by atoms with E-state index in [1.54, 1.807) is 30.5 Å². The molecule has 1 aromatic carbocycles. The normalized spacial score (nSPS) is 14.0. The molecule has 1 N–H and O–H groups in total. The molecule has 1 fully saturated rings. The highest BCUT2D eigenvalue weighted by atomic mass is 16.5. The van der Waals surface area contributed by atoms with Gasteiger partial charge in [-0.15, -0.1) is 0 Å². The van der Waals surface area contributed by atoms with Gasteiger partial charge in [0, 0.05) is 44.2 Å². The number of ether oxygens (including phenoxy) is 1. The number of carbonyl (C=O) groups excluding carboxylic acids is 2. The van der Waals surface area contributed by atoms with Crippen molar-refractivity contribution in [1.82, 2.24) is 10.3 Å². The van der Waals surface area contributed by atoms with E-state index in [1.165, 1.54) is 25.7 Å². The first-order valence-corrected chi connectivity index (χ1v) is 11.4. The molecule has 0 atom stereocenters. The number of amides is 1. The van der Waals surface area contributed by atoms with Crippen molar-refractivity contribution in [2.24, 2.45) is 0 Å². The van der Waals surface area contributed by atoms with Crippen LogP contribution in [0.5, 0.6) is 5.75 Å². The Morgan fingerprint density at radius 2 is 1.77 bits per heavy atom. The number of aromatic nitrogens is 1. The van der Waals surface area contributed by atoms with Crippen LogP contribution in [0.3, 0.4) is 0 Å². The van der Waals surface area contributed by atoms with Crippen LogP contribution in [-0.2, 0) is 11.3 Å². The average molecular weight is 424 g/mol. The number of rotatable bonds is 10. The maximum Gasteiger partial charge on any atom is 0.220 e. The molecule has 2 aromatic rings. The maximum absolute atomic E-state index is 12.4. The number of ketones is 1. The molecule has 0 radical (unpaired) electrons. The second kappa shape index (κ2) is 12.1. The molecule has 1 saturated heterocycles. The number of carbonyl (C=O) groups is 2. The molecule has 1 aliphatic heterocycles. The van der Waals surface area contributed by atoms with Gasteiger partial charge in [0.15, 0.2) is 5.78 Å². The predicted octanol–water partition coefficient (Wildman–Crippen LogP) is 4.53. The standard InChI is InChI=1S/C25H33N3O3/c1-2-17-31-22-9-7-21(8-10-22)23(29)11-12-25(30)27-19-20-13-14-26-24(18-20)28-15-5-3-4-6-16-28/h7-10,13-14,18H,2-6,11-12,15-17,19H2,1H3,(H,27,30). The van der Waals surface area contributed by atoms with Gasteiger partial charge in [0.2, 0.25) is 5.91 Å². The van der Waals surface area contributed by atoms with Crippen molar-refractivity contribution < 1.29 is 14.3 Å². The molecule has 1 amide bonds. The summed E-state index contributed by atoms with van der Waals surface area (Å²) in [5.74, 6) is 1.58. The number of nitrogens with zero attached hydrogens (tertiary/aromatic N) is 2. The Morgan fingerprint density at radius 1 is 1.03 bits per heavy atom. The molecular formula is C25H33N3O3. The number of hydrogen-bond donors (Lipinski definition) is 1. The lowest BCUT2D eigenvalue weighted by Gasteiger charge is -2.21. The molecule has 1 aromatic heterocycles. The van der Waals surface area contributed by atoms with Crippen LogP contribution >= 0.6 is 0 Å². The summed E-state index contributed by atoms with van der Waals surface area (Å²) in [6.07, 6.45) is 8.07. The molecule has 0 bridgehead atoms. The highest BCUT2D eigenvalue weighted by Gasteiger charge is 2.12. The van der Waals surface area contributed by atoms with Crippen molar-refractivity contribution in [3.63, 3.8) is 0 Å². The highest BCUT2D eigenvalue weighted by Crippen LogP contribution is 2.18. The smallest absolute Gasteiger partial charge is 0.220 e. The third kappa shape index (κ3) is 7.39. The molecule has 166 valence electrons. The molecule has 0 unspecified atom stereocenters. The highest BCUT2D eigenvalue weighted by molar-refractivity contribution is 5.98. The molecule has 31 heavy (non-hydrogen) atoms. The van der Waals surface area contributed by atoms with E-state index in [1.807, 2.05) is 13.0 Å². The zero-order valence-corrected chi connectivity index (χ0v) is 18.4. The molecule has 0 saturated carbocycles. The summed E-state index contributed by atoms with van der Waals surface area (Å²) >= 11 is 0. The predicted molar refractivity (Wildman–Crippen MR) is 123 cm³/mol. The van der Waals surface area contributed by atoms with Gasteiger partial charge in [0.25, 0.3) is 0 Å². The van der Waals surface area contributed by atoms with Crippen molar-refractivity contribution in [3.05, 3.63) is 53.7 Å². The van der Waals surface area contributed by atoms with E-state index in [9.17, 15) is 9.59 Å². The van der Waals surface area contributed by atoms with E-state index in [0.717, 1.165) is 36.6 Å². The Bertz CT molecular complexity index is 843. The van der Waals surface area contributed by atoms with E-state index >= 15 is 0 Å². The van der Waals surface area contributed by atoms with Gasteiger partial charge in [0.05, 0.1) is 6.61 Å². The Morgan fingerprint density at radius 3 is 2.48 bits per heavy atom. The molecule has 6 nitrogen and oxygen atoms in total. The monoisotopic (exact) mass is 423 g/mol. The van der Waals surface area contributed by atoms with E-state index in [4.69, 9.17) is 4.74 Å². The molecule has 1 aliphatic rings. The molecule has 6 heteroatoms. The minimum Gasteiger partial charge on any atom is -0.494 e. The lowest BCUT2D eigenvalue weighted by atomic mass is 10.1. The number of benzene rings is 1. The van der Waals surface area contributed by atoms with Gasteiger partial charge >= 0.3 is 0 Å². The van der Waals surface area contributed by atoms with E-state index in [0.29, 0.717) is 18.7 Å². The summed E-state index contributed by atoms with van der Waals surface area (Å²) in [4.78, 5) is 31.4. The van der Waals surface area contributed by atoms with Crippen LogP contribution in [0.2, 0.25) is 0 Å². The van der Waals surface area contributed by atoms with Crippen LogP contribution in [0.25, 0.3) is 0 Å². The lowest BCUT2D eigenvalue weighted by Crippen LogP contribution is -2.26. The van der Waals surface area contributed by atoms with E-state index in [-0.39, 0.29) is 24.5 Å². The Kier molecular flexibility index (Phi) is 8.88. The van der Waals surface area contributed by atoms with Crippen LogP contribution < -0.4 is 15.0 Å². The molecule has 0 spiro atoms. The summed E-state index contributed by atoms with van der Waals surface area (Å²) in [7, 11) is 0. The van der Waals surface area contributed by atoms with Crippen molar-refractivity contribution >= 4 is 17.5 Å². The van der Waals surface area contributed by atoms with Crippen LogP contribution in [0, 0.1) is 0 Å². The number of pyridine rings is 1. The minimum atomic E-state index is -0.121. The Balaban J connectivity index is 1.43. The van der Waals surface area contributed by atoms with Crippen molar-refractivity contribution in [2.45, 2.75) is 58.4 Å². The molecule has 2 heterocycles. The first kappa shape index (κ1) is 22.8. The number of nitrogens with one attached hydrogen (secondary N) is 1. The first-order chi connectivity index (χ1) is 15.2. The molecular weight excluding hydrogens is 390 g/mol. The maximum atomic E-state index is 12.4. The third-order valence-corrected chi connectivity index (χ3v) is 5.46. The van der Waals surface area contributed by atoms with Crippen LogP contribution in [-0.4, -0.2) is 36.4 Å². The summed E-state index contributed by atoms with van der Waals surface area (Å²) in [5.41, 5.74) is 1.63. The Labute approximate surface area is 185 Å². The fourth-order valence-electron chi connectivity index (χ4n) is 3.66. The lowest BCUT2D eigenvalue weighted by molar-refractivity contribution is -0.121. The number of anilines is 1. The zero-order valence-electron chi connectivity index (χ0n) is 18.4. The average Bonchev–Trinajstić information content (AvgIpc) is 3.10. The third-order valence-electron chi connectivity index (χ3n) is 5.46. The van der Waals surface area contributed by atoms with Gasteiger partial charge in [-0.2, -0.15) is 0 Å². The van der Waals surface area contributed by atoms with E-state index < -0.39 is 0 Å². The number of Topliss-reactive ketones (excluding diaryl/α,β-unsaturated/α-hetero) is 1. The summed E-state index contributed by atoms with van der Waals surface area (Å²) in [6, 6.07) is 11.1. The van der Waals surface area contributed by atoms with Crippen molar-refractivity contribution in [2.75, 3.05) is 24.6 Å². The second-order valence-corrected chi connectivity index (χ2v) is 8.00. The SMILES string of the molecule is CCCOc1ccc(C(=O)CCC(=O)NCc2ccnc(N3CCCCCC3)c2)cc1. The van der Waals surface area contributed by atoms with Gasteiger partial charge < -0.3 is 15.0 Å². The van der Waals surface area contributed by atoms with Gasteiger partial charge in [0.1, 0.15) is 11.6 Å². The van der Waals surface area contributed by atoms with Crippen LogP contribution in [0.4, 0.5) is 5.82 Å². The summed E-state index contributed by atoms with van der Waals surface area (Å²) in [6.45, 7) is 5.23. The topological polar surface area (TPSA) is 71.5 Å². The van der Waals surface area contributed by atoms with Crippen LogP contribution in [0.15, 0.2) is 42.6 Å². The quantitative estimate of drug-likeness (QED) is 0.569. The van der Waals surface area contributed by atoms with Crippen molar-refractivity contribution in [1.29, 1.82) is 0 Å². The van der Waals surface area contributed by atoms with Gasteiger partial charge in [-0.1, -0.05) is 19.8 Å². The largest absolute Gasteiger partial charge is 0.494 e. The van der Waals surface area contributed by atoms with Crippen LogP contribution in [0.1, 0.15) is 67.8 Å². The summed E-state index contributed by atoms with van der Waals surface area (Å²) < 4.78 is 5.53. The van der Waals surface area contributed by atoms with Gasteiger partial charge in [-0.25, -0.2) is 4.98 Å². The fourth-order valence-corrected chi connectivity index (χ4v) is 3.66. The minimum absolute atomic E-state index is 0.0375.